The highest BCUT2D eigenvalue weighted by Crippen LogP contribution is 2.31. The van der Waals surface area contributed by atoms with Gasteiger partial charge >= 0.3 is 0 Å². The summed E-state index contributed by atoms with van der Waals surface area (Å²) in [5.74, 6) is 1.14. The van der Waals surface area contributed by atoms with Crippen LogP contribution in [0.4, 0.5) is 0 Å². The largest absolute Gasteiger partial charge is 0.493 e. The van der Waals surface area contributed by atoms with Crippen LogP contribution in [-0.2, 0) is 11.2 Å². The van der Waals surface area contributed by atoms with Crippen LogP contribution in [-0.4, -0.2) is 56.3 Å². The summed E-state index contributed by atoms with van der Waals surface area (Å²) in [6, 6.07) is 14.2. The van der Waals surface area contributed by atoms with Crippen molar-refractivity contribution in [2.75, 3.05) is 33.4 Å². The smallest absolute Gasteiger partial charge is 0.251 e. The molecule has 0 radical (unpaired) electrons. The quantitative estimate of drug-likeness (QED) is 0.708. The molecule has 32 heavy (non-hydrogen) atoms. The molecule has 0 aromatic heterocycles. The SMILES string of the molecule is COc1ccc(C(=O)NC[C@H]2OCCc3ccccc32)cc1OC1CCN(C(C)C)CC1. The molecule has 0 unspecified atom stereocenters. The van der Waals surface area contributed by atoms with E-state index >= 15 is 0 Å². The second kappa shape index (κ2) is 10.4. The minimum atomic E-state index is -0.140. The number of rotatable bonds is 7. The van der Waals surface area contributed by atoms with Crippen molar-refractivity contribution in [2.24, 2.45) is 0 Å². The second-order valence-electron chi connectivity index (χ2n) is 8.83. The zero-order valence-corrected chi connectivity index (χ0v) is 19.3. The van der Waals surface area contributed by atoms with Crippen LogP contribution in [0.15, 0.2) is 42.5 Å². The number of hydrogen-bond acceptors (Lipinski definition) is 5. The molecule has 6 heteroatoms. The average molecular weight is 439 g/mol. The van der Waals surface area contributed by atoms with Crippen molar-refractivity contribution in [1.29, 1.82) is 0 Å². The first-order chi connectivity index (χ1) is 15.5. The first-order valence-corrected chi connectivity index (χ1v) is 11.6. The Morgan fingerprint density at radius 1 is 1.16 bits per heavy atom. The number of ether oxygens (including phenoxy) is 3. The summed E-state index contributed by atoms with van der Waals surface area (Å²) in [5, 5.41) is 3.03. The van der Waals surface area contributed by atoms with Gasteiger partial charge in [0.25, 0.3) is 5.91 Å². The summed E-state index contributed by atoms with van der Waals surface area (Å²) >= 11 is 0. The number of carbonyl (C=O) groups excluding carboxylic acids is 1. The molecule has 1 fully saturated rings. The summed E-state index contributed by atoms with van der Waals surface area (Å²) in [4.78, 5) is 15.4. The van der Waals surface area contributed by atoms with Gasteiger partial charge in [0.15, 0.2) is 11.5 Å². The normalized spacial score (nSPS) is 19.4. The predicted octanol–water partition coefficient (Wildman–Crippen LogP) is 3.99. The predicted molar refractivity (Wildman–Crippen MR) is 125 cm³/mol. The molecule has 4 rings (SSSR count). The molecule has 2 aromatic rings. The zero-order valence-electron chi connectivity index (χ0n) is 19.3. The van der Waals surface area contributed by atoms with Crippen molar-refractivity contribution < 1.29 is 19.0 Å². The summed E-state index contributed by atoms with van der Waals surface area (Å²) in [7, 11) is 1.63. The number of methoxy groups -OCH3 is 1. The van der Waals surface area contributed by atoms with E-state index in [1.807, 2.05) is 12.1 Å². The van der Waals surface area contributed by atoms with Gasteiger partial charge in [0.1, 0.15) is 12.2 Å². The second-order valence-corrected chi connectivity index (χ2v) is 8.83. The van der Waals surface area contributed by atoms with Gasteiger partial charge in [0.05, 0.1) is 13.7 Å². The maximum Gasteiger partial charge on any atom is 0.251 e. The summed E-state index contributed by atoms with van der Waals surface area (Å²) in [5.41, 5.74) is 3.01. The summed E-state index contributed by atoms with van der Waals surface area (Å²) in [6.07, 6.45) is 2.86. The highest BCUT2D eigenvalue weighted by molar-refractivity contribution is 5.94. The van der Waals surface area contributed by atoms with Crippen LogP contribution >= 0.6 is 0 Å². The van der Waals surface area contributed by atoms with E-state index in [-0.39, 0.29) is 18.1 Å². The number of benzene rings is 2. The molecule has 1 amide bonds. The Labute approximate surface area is 190 Å². The molecule has 2 aromatic carbocycles. The third kappa shape index (κ3) is 5.25. The number of hydrogen-bond donors (Lipinski definition) is 1. The Hall–Kier alpha value is -2.57. The van der Waals surface area contributed by atoms with Gasteiger partial charge in [-0.2, -0.15) is 0 Å². The van der Waals surface area contributed by atoms with E-state index in [9.17, 15) is 4.79 Å². The van der Waals surface area contributed by atoms with Gasteiger partial charge in [-0.25, -0.2) is 0 Å². The van der Waals surface area contributed by atoms with Crippen LogP contribution in [0.2, 0.25) is 0 Å². The Balaban J connectivity index is 1.39. The first kappa shape index (κ1) is 22.6. The van der Waals surface area contributed by atoms with Gasteiger partial charge in [0, 0.05) is 31.2 Å². The molecular formula is C26H34N2O4. The Morgan fingerprint density at radius 2 is 1.94 bits per heavy atom. The van der Waals surface area contributed by atoms with E-state index < -0.39 is 0 Å². The standard InChI is InChI=1S/C26H34N2O4/c1-18(2)28-13-10-21(11-14-28)32-24-16-20(8-9-23(24)30-3)26(29)27-17-25-22-7-5-4-6-19(22)12-15-31-25/h4-9,16,18,21,25H,10-15,17H2,1-3H3,(H,27,29)/t25-/m1/s1. The molecule has 0 aliphatic carbocycles. The molecule has 1 atom stereocenters. The van der Waals surface area contributed by atoms with Crippen LogP contribution in [0.3, 0.4) is 0 Å². The van der Waals surface area contributed by atoms with Crippen molar-refractivity contribution in [3.05, 3.63) is 59.2 Å². The van der Waals surface area contributed by atoms with E-state index in [1.165, 1.54) is 5.56 Å². The molecule has 0 saturated carbocycles. The van der Waals surface area contributed by atoms with Crippen LogP contribution < -0.4 is 14.8 Å². The fraction of sp³-hybridized carbons (Fsp3) is 0.500. The summed E-state index contributed by atoms with van der Waals surface area (Å²) < 4.78 is 17.7. The van der Waals surface area contributed by atoms with Gasteiger partial charge in [-0.15, -0.1) is 0 Å². The van der Waals surface area contributed by atoms with E-state index in [0.717, 1.165) is 37.9 Å². The summed E-state index contributed by atoms with van der Waals surface area (Å²) in [6.45, 7) is 7.60. The molecule has 2 heterocycles. The van der Waals surface area contributed by atoms with Gasteiger partial charge in [-0.3, -0.25) is 4.79 Å². The van der Waals surface area contributed by atoms with Crippen molar-refractivity contribution >= 4 is 5.91 Å². The van der Waals surface area contributed by atoms with E-state index in [2.05, 4.69) is 36.2 Å². The molecule has 2 aliphatic rings. The Kier molecular flexibility index (Phi) is 7.33. The molecule has 1 saturated heterocycles. The van der Waals surface area contributed by atoms with E-state index in [0.29, 0.717) is 36.3 Å². The molecule has 172 valence electrons. The topological polar surface area (TPSA) is 60.0 Å². The van der Waals surface area contributed by atoms with Crippen molar-refractivity contribution in [3.63, 3.8) is 0 Å². The number of likely N-dealkylation sites (tertiary alicyclic amines) is 1. The minimum absolute atomic E-state index is 0.121. The van der Waals surface area contributed by atoms with Crippen LogP contribution in [0.5, 0.6) is 11.5 Å². The molecule has 6 nitrogen and oxygen atoms in total. The molecule has 0 spiro atoms. The third-order valence-corrected chi connectivity index (χ3v) is 6.47. The Morgan fingerprint density at radius 3 is 2.69 bits per heavy atom. The lowest BCUT2D eigenvalue weighted by molar-refractivity contribution is 0.0411. The minimum Gasteiger partial charge on any atom is -0.493 e. The van der Waals surface area contributed by atoms with Gasteiger partial charge in [0.2, 0.25) is 0 Å². The number of piperidine rings is 1. The third-order valence-electron chi connectivity index (χ3n) is 6.47. The molecular weight excluding hydrogens is 404 g/mol. The van der Waals surface area contributed by atoms with Crippen LogP contribution in [0.1, 0.15) is 54.3 Å². The monoisotopic (exact) mass is 438 g/mol. The maximum atomic E-state index is 12.9. The number of nitrogens with zero attached hydrogens (tertiary/aromatic N) is 1. The lowest BCUT2D eigenvalue weighted by atomic mass is 9.97. The van der Waals surface area contributed by atoms with Crippen molar-refractivity contribution in [3.8, 4) is 11.5 Å². The highest BCUT2D eigenvalue weighted by Gasteiger charge is 2.24. The Bertz CT molecular complexity index is 922. The zero-order chi connectivity index (χ0) is 22.5. The fourth-order valence-electron chi connectivity index (χ4n) is 4.53. The fourth-order valence-corrected chi connectivity index (χ4v) is 4.53. The van der Waals surface area contributed by atoms with Crippen LogP contribution in [0.25, 0.3) is 0 Å². The number of nitrogens with one attached hydrogen (secondary N) is 1. The van der Waals surface area contributed by atoms with Crippen LogP contribution in [0, 0.1) is 0 Å². The van der Waals surface area contributed by atoms with Gasteiger partial charge in [-0.05, 0) is 62.4 Å². The lowest BCUT2D eigenvalue weighted by Crippen LogP contribution is -2.41. The molecule has 2 aliphatic heterocycles. The maximum absolute atomic E-state index is 12.9. The molecule has 1 N–H and O–H groups in total. The van der Waals surface area contributed by atoms with Crippen molar-refractivity contribution in [1.82, 2.24) is 10.2 Å². The van der Waals surface area contributed by atoms with Gasteiger partial charge in [-0.1, -0.05) is 24.3 Å². The number of carbonyl (C=O) groups is 1. The number of fused-ring (bicyclic) bond motifs is 1. The average Bonchev–Trinajstić information content (AvgIpc) is 2.82. The van der Waals surface area contributed by atoms with E-state index in [4.69, 9.17) is 14.2 Å². The van der Waals surface area contributed by atoms with Gasteiger partial charge < -0.3 is 24.4 Å². The number of amides is 1. The highest BCUT2D eigenvalue weighted by atomic mass is 16.5. The first-order valence-electron chi connectivity index (χ1n) is 11.6. The van der Waals surface area contributed by atoms with Crippen molar-refractivity contribution in [2.45, 2.75) is 51.4 Å². The molecule has 0 bridgehead atoms. The van der Waals surface area contributed by atoms with E-state index in [1.54, 1.807) is 25.3 Å². The lowest BCUT2D eigenvalue weighted by Gasteiger charge is -2.34.